The fourth-order valence-electron chi connectivity index (χ4n) is 6.31. The van der Waals surface area contributed by atoms with Crippen LogP contribution in [-0.4, -0.2) is 67.3 Å². The van der Waals surface area contributed by atoms with E-state index in [-0.39, 0.29) is 30.6 Å². The fraction of sp³-hybridized carbons (Fsp3) is 0.286. The van der Waals surface area contributed by atoms with Crippen molar-refractivity contribution in [3.05, 3.63) is 103 Å². The van der Waals surface area contributed by atoms with Crippen LogP contribution < -0.4 is 31.6 Å². The van der Waals surface area contributed by atoms with E-state index in [0.29, 0.717) is 35.7 Å². The lowest BCUT2D eigenvalue weighted by Gasteiger charge is -2.23. The molecule has 0 spiro atoms. The number of rotatable bonds is 17. The number of nitrogens with two attached hydrogens (primary N) is 2. The van der Waals surface area contributed by atoms with Crippen molar-refractivity contribution in [2.24, 2.45) is 16.5 Å². The van der Waals surface area contributed by atoms with E-state index in [1.807, 2.05) is 79.7 Å². The Kier molecular flexibility index (Phi) is 13.3. The molecule has 12 heteroatoms. The van der Waals surface area contributed by atoms with Crippen LogP contribution >= 0.6 is 0 Å². The number of aliphatic imine (C=N–C) groups is 1. The van der Waals surface area contributed by atoms with Crippen LogP contribution in [0.5, 0.6) is 17.2 Å². The molecule has 0 radical (unpaired) electrons. The summed E-state index contributed by atoms with van der Waals surface area (Å²) in [6.07, 6.45) is 1.51. The van der Waals surface area contributed by atoms with Crippen LogP contribution in [0.2, 0.25) is 0 Å². The van der Waals surface area contributed by atoms with E-state index in [1.165, 1.54) is 7.11 Å². The number of benzene rings is 5. The second-order valence-corrected chi connectivity index (χ2v) is 13.0. The van der Waals surface area contributed by atoms with Crippen LogP contribution in [0.15, 0.2) is 102 Å². The number of hydrogen-bond donors (Lipinski definition) is 5. The molecule has 12 nitrogen and oxygen atoms in total. The molecule has 7 N–H and O–H groups in total. The van der Waals surface area contributed by atoms with Gasteiger partial charge >= 0.3 is 5.97 Å². The van der Waals surface area contributed by atoms with Gasteiger partial charge in [0.1, 0.15) is 29.3 Å². The third kappa shape index (κ3) is 9.97. The highest BCUT2D eigenvalue weighted by molar-refractivity contribution is 6.09. The number of aromatic hydroxyl groups is 1. The predicted octanol–water partition coefficient (Wildman–Crippen LogP) is 5.36. The minimum atomic E-state index is -1.08. The summed E-state index contributed by atoms with van der Waals surface area (Å²) >= 11 is 0. The van der Waals surface area contributed by atoms with Crippen molar-refractivity contribution in [1.29, 1.82) is 0 Å². The topological polar surface area (TPSA) is 188 Å². The summed E-state index contributed by atoms with van der Waals surface area (Å²) in [6, 6.07) is 27.3. The molecule has 282 valence electrons. The average Bonchev–Trinajstić information content (AvgIpc) is 3.17. The predicted molar refractivity (Wildman–Crippen MR) is 210 cm³/mol. The zero-order valence-corrected chi connectivity index (χ0v) is 30.7. The van der Waals surface area contributed by atoms with E-state index in [2.05, 4.69) is 15.6 Å². The summed E-state index contributed by atoms with van der Waals surface area (Å²) in [5.41, 5.74) is 13.1. The first-order valence-electron chi connectivity index (χ1n) is 17.9. The molecule has 0 aliphatic heterocycles. The molecular formula is C42H47N5O7. The number of guanidine groups is 1. The second-order valence-electron chi connectivity index (χ2n) is 13.0. The molecular weight excluding hydrogens is 686 g/mol. The number of nitrogens with zero attached hydrogens (tertiary/aromatic N) is 1. The molecule has 0 fully saturated rings. The van der Waals surface area contributed by atoms with E-state index in [9.17, 15) is 19.5 Å². The number of ether oxygens (including phenoxy) is 3. The molecule has 0 bridgehead atoms. The molecule has 54 heavy (non-hydrogen) atoms. The molecule has 3 atom stereocenters. The first kappa shape index (κ1) is 38.9. The van der Waals surface area contributed by atoms with Crippen molar-refractivity contribution in [2.45, 2.75) is 57.7 Å². The number of fused-ring (bicyclic) bond motifs is 2. The summed E-state index contributed by atoms with van der Waals surface area (Å²) in [5.74, 6) is -0.780. The molecule has 0 saturated heterocycles. The van der Waals surface area contributed by atoms with Gasteiger partial charge in [-0.05, 0) is 77.6 Å². The van der Waals surface area contributed by atoms with Crippen molar-refractivity contribution in [1.82, 2.24) is 10.6 Å². The molecule has 0 aliphatic carbocycles. The normalized spacial score (nSPS) is 12.6. The van der Waals surface area contributed by atoms with Crippen molar-refractivity contribution in [3.63, 3.8) is 0 Å². The minimum Gasteiger partial charge on any atom is -0.507 e. The SMILES string of the molecule is CCCOc1ccc(C[C@H](NC(=O)[C@@H](CC[C@H](C)N=C(N)N)NC(=O)COc2ccc3ccccc3c2-c2c(O)ccc3ccccc23)C(=O)OC)cc1. The van der Waals surface area contributed by atoms with Crippen molar-refractivity contribution >= 4 is 45.3 Å². The standard InChI is InChI=1S/C42H47N5O7/c1-4-23-53-30-18-14-27(15-19-30)24-34(41(51)52-3)47-40(50)33(20-13-26(2)45-42(43)44)46-37(49)25-54-36-22-17-29-10-6-8-12-32(29)39(36)38-31-11-7-5-9-28(31)16-21-35(38)48/h5-12,14-19,21-22,26,33-34,48H,4,13,20,23-25H2,1-3H3,(H,46,49)(H,47,50)(H4,43,44,45)/t26-,33+,34-/m0/s1. The minimum absolute atomic E-state index is 0.0620. The largest absolute Gasteiger partial charge is 0.507 e. The molecule has 0 saturated carbocycles. The van der Waals surface area contributed by atoms with Crippen molar-refractivity contribution in [3.8, 4) is 28.4 Å². The van der Waals surface area contributed by atoms with E-state index >= 15 is 0 Å². The highest BCUT2D eigenvalue weighted by Gasteiger charge is 2.28. The number of esters is 1. The summed E-state index contributed by atoms with van der Waals surface area (Å²) in [4.78, 5) is 44.4. The molecule has 0 aromatic heterocycles. The van der Waals surface area contributed by atoms with Gasteiger partial charge in [-0.3, -0.25) is 14.6 Å². The van der Waals surface area contributed by atoms with Gasteiger partial charge in [-0.2, -0.15) is 0 Å². The lowest BCUT2D eigenvalue weighted by Crippen LogP contribution is -2.53. The van der Waals surface area contributed by atoms with Gasteiger partial charge in [-0.25, -0.2) is 4.79 Å². The number of amides is 2. The molecule has 0 unspecified atom stereocenters. The van der Waals surface area contributed by atoms with Crippen molar-refractivity contribution < 1.29 is 33.7 Å². The molecule has 5 aromatic rings. The second kappa shape index (κ2) is 18.5. The van der Waals surface area contributed by atoms with E-state index in [0.717, 1.165) is 33.5 Å². The van der Waals surface area contributed by atoms with Crippen LogP contribution in [0.1, 0.15) is 38.7 Å². The van der Waals surface area contributed by atoms with Crippen LogP contribution in [0, 0.1) is 0 Å². The Bertz CT molecular complexity index is 2110. The number of carbonyl (C=O) groups excluding carboxylic acids is 3. The van der Waals surface area contributed by atoms with Crippen LogP contribution in [0.4, 0.5) is 0 Å². The van der Waals surface area contributed by atoms with E-state index in [1.54, 1.807) is 31.2 Å². The summed E-state index contributed by atoms with van der Waals surface area (Å²) < 4.78 is 16.9. The maximum atomic E-state index is 13.8. The first-order valence-corrected chi connectivity index (χ1v) is 17.9. The Morgan fingerprint density at radius 1 is 0.778 bits per heavy atom. The summed E-state index contributed by atoms with van der Waals surface area (Å²) in [5, 5.41) is 20.2. The maximum absolute atomic E-state index is 13.8. The van der Waals surface area contributed by atoms with Gasteiger partial charge in [0.05, 0.1) is 19.8 Å². The van der Waals surface area contributed by atoms with Gasteiger partial charge in [-0.15, -0.1) is 0 Å². The maximum Gasteiger partial charge on any atom is 0.328 e. The van der Waals surface area contributed by atoms with Crippen LogP contribution in [-0.2, 0) is 25.5 Å². The van der Waals surface area contributed by atoms with Crippen LogP contribution in [0.25, 0.3) is 32.7 Å². The third-order valence-corrected chi connectivity index (χ3v) is 8.94. The fourth-order valence-corrected chi connectivity index (χ4v) is 6.31. The summed E-state index contributed by atoms with van der Waals surface area (Å²) in [7, 11) is 1.25. The molecule has 0 heterocycles. The monoisotopic (exact) mass is 733 g/mol. The van der Waals surface area contributed by atoms with Gasteiger partial charge in [0, 0.05) is 17.5 Å². The van der Waals surface area contributed by atoms with Crippen molar-refractivity contribution in [2.75, 3.05) is 20.3 Å². The lowest BCUT2D eigenvalue weighted by molar-refractivity contribution is -0.145. The van der Waals surface area contributed by atoms with E-state index in [4.69, 9.17) is 25.7 Å². The third-order valence-electron chi connectivity index (χ3n) is 8.94. The Hall–Kier alpha value is -6.30. The molecule has 5 aromatic carbocycles. The van der Waals surface area contributed by atoms with Gasteiger partial charge in [0.15, 0.2) is 12.6 Å². The van der Waals surface area contributed by atoms with Gasteiger partial charge < -0.3 is 41.4 Å². The average molecular weight is 734 g/mol. The number of nitrogens with one attached hydrogen (secondary N) is 2. The van der Waals surface area contributed by atoms with E-state index < -0.39 is 36.5 Å². The number of phenolic OH excluding ortho intramolecular Hbond substituents is 1. The Morgan fingerprint density at radius 2 is 1.43 bits per heavy atom. The smallest absolute Gasteiger partial charge is 0.328 e. The Balaban J connectivity index is 1.37. The zero-order valence-electron chi connectivity index (χ0n) is 30.7. The lowest BCUT2D eigenvalue weighted by atomic mass is 9.92. The number of carbonyl (C=O) groups is 3. The van der Waals surface area contributed by atoms with Crippen LogP contribution in [0.3, 0.4) is 0 Å². The van der Waals surface area contributed by atoms with Gasteiger partial charge in [-0.1, -0.05) is 79.7 Å². The molecule has 2 amide bonds. The zero-order chi connectivity index (χ0) is 38.6. The highest BCUT2D eigenvalue weighted by atomic mass is 16.5. The molecule has 5 rings (SSSR count). The number of hydrogen-bond acceptors (Lipinski definition) is 8. The Morgan fingerprint density at radius 3 is 2.07 bits per heavy atom. The Labute approximate surface area is 314 Å². The highest BCUT2D eigenvalue weighted by Crippen LogP contribution is 2.45. The quantitative estimate of drug-likeness (QED) is 0.0476. The summed E-state index contributed by atoms with van der Waals surface area (Å²) in [6.45, 7) is 3.94. The first-order chi connectivity index (χ1) is 26.1. The number of methoxy groups -OCH3 is 1. The molecule has 0 aliphatic rings. The van der Waals surface area contributed by atoms with Gasteiger partial charge in [0.25, 0.3) is 5.91 Å². The number of phenols is 1. The van der Waals surface area contributed by atoms with Gasteiger partial charge in [0.2, 0.25) is 5.91 Å².